The van der Waals surface area contributed by atoms with Crippen LogP contribution in [0.3, 0.4) is 0 Å². The molecule has 1 N–H and O–H groups in total. The van der Waals surface area contributed by atoms with Crippen molar-refractivity contribution < 1.29 is 9.90 Å². The van der Waals surface area contributed by atoms with Crippen LogP contribution in [-0.2, 0) is 0 Å². The number of piperidine rings is 1. The Balaban J connectivity index is 2.34. The minimum Gasteiger partial charge on any atom is -0.384 e. The van der Waals surface area contributed by atoms with E-state index in [2.05, 4.69) is 25.7 Å². The summed E-state index contributed by atoms with van der Waals surface area (Å²) < 4.78 is 0. The van der Waals surface area contributed by atoms with Gasteiger partial charge in [-0.1, -0.05) is 24.8 Å². The Morgan fingerprint density at radius 1 is 1.38 bits per heavy atom. The second-order valence-electron chi connectivity index (χ2n) is 6.00. The molecule has 1 fully saturated rings. The zero-order valence-electron chi connectivity index (χ0n) is 13.0. The molecular formula is C18H23NO2. The van der Waals surface area contributed by atoms with Gasteiger partial charge in [-0.05, 0) is 50.3 Å². The highest BCUT2D eigenvalue weighted by molar-refractivity contribution is 5.97. The fraction of sp³-hybridized carbons (Fsp3) is 0.500. The van der Waals surface area contributed by atoms with E-state index < -0.39 is 0 Å². The number of likely N-dealkylation sites (tertiary alicyclic amines) is 1. The molecule has 1 aliphatic rings. The molecule has 0 aliphatic carbocycles. The van der Waals surface area contributed by atoms with E-state index in [1.807, 2.05) is 30.0 Å². The van der Waals surface area contributed by atoms with E-state index in [1.165, 1.54) is 6.42 Å². The second kappa shape index (κ2) is 6.78. The van der Waals surface area contributed by atoms with Crippen molar-refractivity contribution >= 4 is 5.91 Å². The van der Waals surface area contributed by atoms with Gasteiger partial charge in [-0.3, -0.25) is 4.79 Å². The molecule has 1 aromatic rings. The van der Waals surface area contributed by atoms with Crippen LogP contribution in [0.25, 0.3) is 0 Å². The highest BCUT2D eigenvalue weighted by Gasteiger charge is 2.28. The van der Waals surface area contributed by atoms with Gasteiger partial charge in [-0.2, -0.15) is 0 Å². The molecule has 0 saturated carbocycles. The minimum absolute atomic E-state index is 0.0521. The molecule has 3 nitrogen and oxygen atoms in total. The molecule has 2 unspecified atom stereocenters. The number of amides is 1. The van der Waals surface area contributed by atoms with Crippen LogP contribution in [0.4, 0.5) is 0 Å². The third-order valence-corrected chi connectivity index (χ3v) is 4.09. The van der Waals surface area contributed by atoms with Crippen LogP contribution in [0.2, 0.25) is 0 Å². The van der Waals surface area contributed by atoms with Gasteiger partial charge in [0.05, 0.1) is 5.56 Å². The number of benzene rings is 1. The van der Waals surface area contributed by atoms with Gasteiger partial charge >= 0.3 is 0 Å². The summed E-state index contributed by atoms with van der Waals surface area (Å²) in [7, 11) is 0. The fourth-order valence-corrected chi connectivity index (χ4v) is 2.81. The first-order chi connectivity index (χ1) is 10.0. The van der Waals surface area contributed by atoms with E-state index >= 15 is 0 Å². The fourth-order valence-electron chi connectivity index (χ4n) is 2.81. The molecule has 1 saturated heterocycles. The predicted octanol–water partition coefficient (Wildman–Crippen LogP) is 2.60. The predicted molar refractivity (Wildman–Crippen MR) is 84.0 cm³/mol. The monoisotopic (exact) mass is 285 g/mol. The third kappa shape index (κ3) is 3.65. The van der Waals surface area contributed by atoms with Gasteiger partial charge in [0.2, 0.25) is 0 Å². The Kier molecular flexibility index (Phi) is 5.03. The molecule has 1 heterocycles. The lowest BCUT2D eigenvalue weighted by atomic mass is 9.93. The van der Waals surface area contributed by atoms with Gasteiger partial charge in [0.15, 0.2) is 0 Å². The highest BCUT2D eigenvalue weighted by Crippen LogP contribution is 2.24. The summed E-state index contributed by atoms with van der Waals surface area (Å²) in [6.45, 7) is 6.88. The number of aliphatic hydroxyl groups is 1. The summed E-state index contributed by atoms with van der Waals surface area (Å²) in [6, 6.07) is 5.97. The number of rotatable bonds is 1. The highest BCUT2D eigenvalue weighted by atomic mass is 16.2. The Morgan fingerprint density at radius 2 is 2.14 bits per heavy atom. The maximum atomic E-state index is 12.8. The van der Waals surface area contributed by atoms with Crippen molar-refractivity contribution in [1.29, 1.82) is 0 Å². The minimum atomic E-state index is -0.196. The van der Waals surface area contributed by atoms with Gasteiger partial charge in [0.25, 0.3) is 5.91 Å². The molecule has 3 heteroatoms. The molecule has 2 rings (SSSR count). The number of carbonyl (C=O) groups is 1. The first-order valence-corrected chi connectivity index (χ1v) is 7.54. The molecule has 0 radical (unpaired) electrons. The van der Waals surface area contributed by atoms with Crippen LogP contribution in [0, 0.1) is 24.7 Å². The normalized spacial score (nSPS) is 21.6. The lowest BCUT2D eigenvalue weighted by Gasteiger charge is -2.37. The first-order valence-electron chi connectivity index (χ1n) is 7.54. The van der Waals surface area contributed by atoms with Crippen LogP contribution < -0.4 is 0 Å². The van der Waals surface area contributed by atoms with Crippen LogP contribution in [0.5, 0.6) is 0 Å². The van der Waals surface area contributed by atoms with Gasteiger partial charge in [0, 0.05) is 18.2 Å². The number of carbonyl (C=O) groups excluding carboxylic acids is 1. The van der Waals surface area contributed by atoms with Crippen LogP contribution in [0.15, 0.2) is 18.2 Å². The van der Waals surface area contributed by atoms with Crippen molar-refractivity contribution in [1.82, 2.24) is 4.90 Å². The summed E-state index contributed by atoms with van der Waals surface area (Å²) in [5.41, 5.74) is 2.41. The van der Waals surface area contributed by atoms with Crippen molar-refractivity contribution in [3.8, 4) is 11.8 Å². The Bertz CT molecular complexity index is 583. The summed E-state index contributed by atoms with van der Waals surface area (Å²) in [6.07, 6.45) is 2.23. The lowest BCUT2D eigenvalue weighted by molar-refractivity contribution is 0.0574. The Hall–Kier alpha value is -1.79. The molecule has 0 aromatic heterocycles. The summed E-state index contributed by atoms with van der Waals surface area (Å²) in [4.78, 5) is 14.8. The molecule has 21 heavy (non-hydrogen) atoms. The van der Waals surface area contributed by atoms with Crippen LogP contribution in [-0.4, -0.2) is 35.1 Å². The average Bonchev–Trinajstić information content (AvgIpc) is 2.47. The molecule has 0 spiro atoms. The van der Waals surface area contributed by atoms with Crippen molar-refractivity contribution in [3.05, 3.63) is 34.9 Å². The molecule has 1 aromatic carbocycles. The van der Waals surface area contributed by atoms with Crippen molar-refractivity contribution in [3.63, 3.8) is 0 Å². The van der Waals surface area contributed by atoms with Gasteiger partial charge in [-0.15, -0.1) is 0 Å². The van der Waals surface area contributed by atoms with Gasteiger partial charge < -0.3 is 10.0 Å². The smallest absolute Gasteiger partial charge is 0.255 e. The summed E-state index contributed by atoms with van der Waals surface area (Å²) >= 11 is 0. The number of aryl methyl sites for hydroxylation is 1. The number of nitrogens with zero attached hydrogens (tertiary/aromatic N) is 1. The zero-order chi connectivity index (χ0) is 15.4. The first kappa shape index (κ1) is 15.6. The van der Waals surface area contributed by atoms with E-state index in [9.17, 15) is 4.79 Å². The van der Waals surface area contributed by atoms with E-state index in [0.29, 0.717) is 17.0 Å². The molecule has 112 valence electrons. The molecule has 1 aliphatic heterocycles. The quantitative estimate of drug-likeness (QED) is 0.806. The van der Waals surface area contributed by atoms with E-state index in [4.69, 9.17) is 5.11 Å². The summed E-state index contributed by atoms with van der Waals surface area (Å²) in [5.74, 6) is 6.14. The lowest BCUT2D eigenvalue weighted by Crippen LogP contribution is -2.45. The van der Waals surface area contributed by atoms with Crippen molar-refractivity contribution in [2.45, 2.75) is 39.7 Å². The van der Waals surface area contributed by atoms with E-state index in [1.54, 1.807) is 0 Å². The SMILES string of the molecule is Cc1ccc(C(=O)N2CC(C)CCC2C)c(C#CCO)c1. The van der Waals surface area contributed by atoms with E-state index in [-0.39, 0.29) is 18.6 Å². The van der Waals surface area contributed by atoms with Crippen LogP contribution in [0.1, 0.15) is 48.2 Å². The molecule has 2 atom stereocenters. The Morgan fingerprint density at radius 3 is 2.86 bits per heavy atom. The van der Waals surface area contributed by atoms with Crippen LogP contribution >= 0.6 is 0 Å². The standard InChI is InChI=1S/C18H23NO2/c1-13-7-9-17(16(11-13)5-4-10-20)18(21)19-12-14(2)6-8-15(19)3/h7,9,11,14-15,20H,6,8,10,12H2,1-3H3. The molecule has 1 amide bonds. The van der Waals surface area contributed by atoms with Gasteiger partial charge in [0.1, 0.15) is 6.61 Å². The van der Waals surface area contributed by atoms with Crippen molar-refractivity contribution in [2.24, 2.45) is 5.92 Å². The number of aliphatic hydroxyl groups excluding tert-OH is 1. The topological polar surface area (TPSA) is 40.5 Å². The number of hydrogen-bond donors (Lipinski definition) is 1. The maximum Gasteiger partial charge on any atom is 0.255 e. The zero-order valence-corrected chi connectivity index (χ0v) is 13.0. The number of hydrogen-bond acceptors (Lipinski definition) is 2. The maximum absolute atomic E-state index is 12.8. The molecular weight excluding hydrogens is 262 g/mol. The molecule has 0 bridgehead atoms. The summed E-state index contributed by atoms with van der Waals surface area (Å²) in [5, 5.41) is 8.88. The van der Waals surface area contributed by atoms with Gasteiger partial charge in [-0.25, -0.2) is 0 Å². The Labute approximate surface area is 127 Å². The van der Waals surface area contributed by atoms with Crippen molar-refractivity contribution in [2.75, 3.05) is 13.2 Å². The third-order valence-electron chi connectivity index (χ3n) is 4.09. The second-order valence-corrected chi connectivity index (χ2v) is 6.00. The average molecular weight is 285 g/mol. The van der Waals surface area contributed by atoms with E-state index in [0.717, 1.165) is 18.5 Å². The largest absolute Gasteiger partial charge is 0.384 e.